The van der Waals surface area contributed by atoms with Gasteiger partial charge in [0.05, 0.1) is 11.7 Å². The minimum atomic E-state index is -2.48. The maximum Gasteiger partial charge on any atom is 0.250 e. The molecule has 0 aromatic rings. The average molecular weight is 344 g/mol. The molecule has 1 atom stereocenters. The van der Waals surface area contributed by atoms with E-state index in [1.165, 1.54) is 0 Å². The van der Waals surface area contributed by atoms with E-state index in [4.69, 9.17) is 4.74 Å². The number of hydrogen-bond acceptors (Lipinski definition) is 3. The van der Waals surface area contributed by atoms with Crippen LogP contribution in [0.2, 0.25) is 0 Å². The van der Waals surface area contributed by atoms with Crippen molar-refractivity contribution >= 4 is 5.91 Å². The Morgan fingerprint density at radius 3 is 2.33 bits per heavy atom. The van der Waals surface area contributed by atoms with Crippen molar-refractivity contribution in [2.24, 2.45) is 0 Å². The number of alkyl halides is 2. The summed E-state index contributed by atoms with van der Waals surface area (Å²) >= 11 is 0. The molecule has 3 aliphatic rings. The number of nitrogens with zero attached hydrogens (tertiary/aromatic N) is 2. The van der Waals surface area contributed by atoms with E-state index in [1.807, 2.05) is 4.90 Å². The van der Waals surface area contributed by atoms with Gasteiger partial charge in [-0.2, -0.15) is 0 Å². The van der Waals surface area contributed by atoms with Crippen LogP contribution in [0, 0.1) is 0 Å². The third kappa shape index (κ3) is 4.26. The lowest BCUT2D eigenvalue weighted by molar-refractivity contribution is -0.231. The maximum absolute atomic E-state index is 13.2. The van der Waals surface area contributed by atoms with Crippen molar-refractivity contribution in [2.45, 2.75) is 75.9 Å². The molecule has 4 nitrogen and oxygen atoms in total. The minimum absolute atomic E-state index is 0.0281. The molecule has 6 heteroatoms. The molecule has 0 aromatic carbocycles. The normalized spacial score (nSPS) is 29.5. The Morgan fingerprint density at radius 1 is 1.12 bits per heavy atom. The summed E-state index contributed by atoms with van der Waals surface area (Å²) in [6.07, 6.45) is 5.64. The third-order valence-electron chi connectivity index (χ3n) is 5.84. The van der Waals surface area contributed by atoms with Gasteiger partial charge in [-0.15, -0.1) is 0 Å². The first-order valence-corrected chi connectivity index (χ1v) is 9.47. The number of halogens is 2. The molecule has 0 radical (unpaired) electrons. The van der Waals surface area contributed by atoms with Crippen molar-refractivity contribution in [1.29, 1.82) is 0 Å². The molecule has 0 aromatic heterocycles. The molecule has 1 spiro atoms. The van der Waals surface area contributed by atoms with Crippen LogP contribution in [-0.4, -0.2) is 66.1 Å². The number of carbonyl (C=O) groups excluding carboxylic acids is 1. The number of unbranched alkanes of at least 4 members (excludes halogenated alkanes) is 1. The van der Waals surface area contributed by atoms with E-state index >= 15 is 0 Å². The Hall–Kier alpha value is -0.750. The highest BCUT2D eigenvalue weighted by Gasteiger charge is 2.48. The fourth-order valence-corrected chi connectivity index (χ4v) is 4.18. The van der Waals surface area contributed by atoms with Crippen LogP contribution in [-0.2, 0) is 9.53 Å². The number of piperidine rings is 2. The molecule has 0 saturated carbocycles. The molecule has 3 saturated heterocycles. The number of hydrogen-bond donors (Lipinski definition) is 0. The topological polar surface area (TPSA) is 32.8 Å². The van der Waals surface area contributed by atoms with Crippen LogP contribution in [0.3, 0.4) is 0 Å². The standard InChI is InChI=1S/C18H30F2N2O2/c1-2-3-4-16(23)22-11-5-17(6-12-22)13-15(24-17)14-21-9-7-18(19,20)8-10-21/h15H,2-14H2,1H3/t15-/m1/s1. The number of likely N-dealkylation sites (tertiary alicyclic amines) is 2. The SMILES string of the molecule is CCCCC(=O)N1CCC2(CC1)C[C@H](CN1CCC(F)(F)CC1)O2. The Balaban J connectivity index is 1.36. The Labute approximate surface area is 143 Å². The smallest absolute Gasteiger partial charge is 0.250 e. The Morgan fingerprint density at radius 2 is 1.75 bits per heavy atom. The van der Waals surface area contributed by atoms with Gasteiger partial charge in [0.1, 0.15) is 0 Å². The van der Waals surface area contributed by atoms with Crippen molar-refractivity contribution in [2.75, 3.05) is 32.7 Å². The number of carbonyl (C=O) groups is 1. The highest BCUT2D eigenvalue weighted by atomic mass is 19.3. The van der Waals surface area contributed by atoms with Gasteiger partial charge in [0.25, 0.3) is 5.92 Å². The summed E-state index contributed by atoms with van der Waals surface area (Å²) in [5, 5.41) is 0. The molecule has 3 fully saturated rings. The predicted molar refractivity (Wildman–Crippen MR) is 88.2 cm³/mol. The van der Waals surface area contributed by atoms with Gasteiger partial charge in [0, 0.05) is 58.4 Å². The first-order valence-electron chi connectivity index (χ1n) is 9.47. The fourth-order valence-electron chi connectivity index (χ4n) is 4.18. The van der Waals surface area contributed by atoms with Crippen molar-refractivity contribution in [3.05, 3.63) is 0 Å². The van der Waals surface area contributed by atoms with Crippen LogP contribution in [0.15, 0.2) is 0 Å². The highest BCUT2D eigenvalue weighted by Crippen LogP contribution is 2.42. The monoisotopic (exact) mass is 344 g/mol. The first-order chi connectivity index (χ1) is 11.4. The maximum atomic E-state index is 13.2. The Kier molecular flexibility index (Phi) is 5.45. The van der Waals surface area contributed by atoms with Crippen LogP contribution in [0.4, 0.5) is 8.78 Å². The van der Waals surface area contributed by atoms with Crippen LogP contribution in [0.1, 0.15) is 58.3 Å². The van der Waals surface area contributed by atoms with Crippen LogP contribution in [0.25, 0.3) is 0 Å². The van der Waals surface area contributed by atoms with Gasteiger partial charge in [-0.05, 0) is 19.3 Å². The molecule has 138 valence electrons. The van der Waals surface area contributed by atoms with Crippen LogP contribution >= 0.6 is 0 Å². The number of amides is 1. The summed E-state index contributed by atoms with van der Waals surface area (Å²) in [7, 11) is 0. The quantitative estimate of drug-likeness (QED) is 0.768. The number of rotatable bonds is 5. The predicted octanol–water partition coefficient (Wildman–Crippen LogP) is 3.06. The van der Waals surface area contributed by atoms with Crippen molar-refractivity contribution in [1.82, 2.24) is 9.80 Å². The lowest BCUT2D eigenvalue weighted by Crippen LogP contribution is -2.60. The van der Waals surface area contributed by atoms with E-state index in [-0.39, 0.29) is 30.5 Å². The van der Waals surface area contributed by atoms with Crippen LogP contribution in [0.5, 0.6) is 0 Å². The zero-order valence-corrected chi connectivity index (χ0v) is 14.7. The van der Waals surface area contributed by atoms with E-state index in [0.29, 0.717) is 19.5 Å². The zero-order valence-electron chi connectivity index (χ0n) is 14.7. The summed E-state index contributed by atoms with van der Waals surface area (Å²) in [4.78, 5) is 16.2. The second-order valence-electron chi connectivity index (χ2n) is 7.77. The summed E-state index contributed by atoms with van der Waals surface area (Å²) < 4.78 is 32.5. The van der Waals surface area contributed by atoms with E-state index < -0.39 is 5.92 Å². The van der Waals surface area contributed by atoms with E-state index in [2.05, 4.69) is 11.8 Å². The van der Waals surface area contributed by atoms with Gasteiger partial charge in [-0.25, -0.2) is 8.78 Å². The molecule has 0 N–H and O–H groups in total. The molecule has 1 amide bonds. The molecule has 0 bridgehead atoms. The van der Waals surface area contributed by atoms with Crippen molar-refractivity contribution in [3.63, 3.8) is 0 Å². The van der Waals surface area contributed by atoms with Gasteiger partial charge in [-0.3, -0.25) is 4.79 Å². The molecular formula is C18H30F2N2O2. The van der Waals surface area contributed by atoms with Crippen molar-refractivity contribution < 1.29 is 18.3 Å². The zero-order chi connectivity index (χ0) is 17.2. The van der Waals surface area contributed by atoms with E-state index in [9.17, 15) is 13.6 Å². The van der Waals surface area contributed by atoms with Gasteiger partial charge in [0.15, 0.2) is 0 Å². The summed E-state index contributed by atoms with van der Waals surface area (Å²) in [6.45, 7) is 5.41. The molecule has 3 aliphatic heterocycles. The van der Waals surface area contributed by atoms with Gasteiger partial charge in [-0.1, -0.05) is 13.3 Å². The second-order valence-corrected chi connectivity index (χ2v) is 7.77. The number of ether oxygens (including phenoxy) is 1. The van der Waals surface area contributed by atoms with E-state index in [0.717, 1.165) is 51.7 Å². The molecule has 3 heterocycles. The third-order valence-corrected chi connectivity index (χ3v) is 5.84. The minimum Gasteiger partial charge on any atom is -0.370 e. The molecule has 3 rings (SSSR count). The Bertz CT molecular complexity index is 432. The first kappa shape index (κ1) is 18.1. The lowest BCUT2D eigenvalue weighted by Gasteiger charge is -2.53. The van der Waals surface area contributed by atoms with E-state index in [1.54, 1.807) is 0 Å². The second kappa shape index (κ2) is 7.24. The molecule has 0 aliphatic carbocycles. The van der Waals surface area contributed by atoms with Crippen LogP contribution < -0.4 is 0 Å². The molecule has 0 unspecified atom stereocenters. The largest absolute Gasteiger partial charge is 0.370 e. The lowest BCUT2D eigenvalue weighted by atomic mass is 9.80. The summed E-state index contributed by atoms with van der Waals surface area (Å²) in [5.74, 6) is -2.20. The average Bonchev–Trinajstić information content (AvgIpc) is 2.53. The molecular weight excluding hydrogens is 314 g/mol. The highest BCUT2D eigenvalue weighted by molar-refractivity contribution is 5.76. The fraction of sp³-hybridized carbons (Fsp3) is 0.944. The van der Waals surface area contributed by atoms with Gasteiger partial charge >= 0.3 is 0 Å². The van der Waals surface area contributed by atoms with Gasteiger partial charge < -0.3 is 14.5 Å². The molecule has 24 heavy (non-hydrogen) atoms. The summed E-state index contributed by atoms with van der Waals surface area (Å²) in [6, 6.07) is 0. The van der Waals surface area contributed by atoms with Crippen molar-refractivity contribution in [3.8, 4) is 0 Å². The van der Waals surface area contributed by atoms with Gasteiger partial charge in [0.2, 0.25) is 5.91 Å². The summed E-state index contributed by atoms with van der Waals surface area (Å²) in [5.41, 5.74) is -0.0497.